The summed E-state index contributed by atoms with van der Waals surface area (Å²) < 4.78 is 22.9. The van der Waals surface area contributed by atoms with Crippen LogP contribution in [0.15, 0.2) is 67.1 Å². The van der Waals surface area contributed by atoms with Gasteiger partial charge in [0.15, 0.2) is 11.9 Å². The fourth-order valence-corrected chi connectivity index (χ4v) is 4.21. The van der Waals surface area contributed by atoms with Crippen LogP contribution in [0.4, 0.5) is 4.39 Å². The van der Waals surface area contributed by atoms with Crippen molar-refractivity contribution in [2.24, 2.45) is 7.05 Å². The van der Waals surface area contributed by atoms with Gasteiger partial charge in [-0.3, -0.25) is 9.48 Å². The highest BCUT2D eigenvalue weighted by atomic mass is 19.1. The lowest BCUT2D eigenvalue weighted by atomic mass is 9.97. The van der Waals surface area contributed by atoms with E-state index < -0.39 is 6.10 Å². The Hall–Kier alpha value is -3.78. The lowest BCUT2D eigenvalue weighted by Gasteiger charge is -2.25. The van der Waals surface area contributed by atoms with Crippen LogP contribution in [0.2, 0.25) is 0 Å². The molecule has 0 radical (unpaired) electrons. The van der Waals surface area contributed by atoms with Crippen molar-refractivity contribution in [1.82, 2.24) is 24.6 Å². The standard InChI is InChI=1S/C25H24FN5O2/c1-30-13-11-27-24(30)22-21(18-6-8-19(26)9-7-18)16-29-31(22)14-12-28-25(32)23-20-5-3-2-4-17(20)10-15-33-23/h2-9,11,13,16,23H,10,12,14-15H2,1H3,(H,28,32)/t23-/m0/s1. The topological polar surface area (TPSA) is 74.0 Å². The fraction of sp³-hybridized carbons (Fsp3) is 0.240. The highest BCUT2D eigenvalue weighted by Crippen LogP contribution is 2.31. The molecule has 8 heteroatoms. The van der Waals surface area contributed by atoms with E-state index in [2.05, 4.69) is 15.4 Å². The van der Waals surface area contributed by atoms with Gasteiger partial charge in [0.05, 0.1) is 19.3 Å². The zero-order valence-corrected chi connectivity index (χ0v) is 18.2. The van der Waals surface area contributed by atoms with Crippen molar-refractivity contribution in [2.45, 2.75) is 19.1 Å². The Balaban J connectivity index is 1.36. The highest BCUT2D eigenvalue weighted by molar-refractivity contribution is 5.83. The molecule has 0 saturated carbocycles. The second-order valence-corrected chi connectivity index (χ2v) is 7.99. The van der Waals surface area contributed by atoms with Crippen LogP contribution >= 0.6 is 0 Å². The number of aryl methyl sites for hydroxylation is 1. The molecule has 0 aliphatic carbocycles. The molecule has 1 atom stereocenters. The third-order valence-electron chi connectivity index (χ3n) is 5.88. The summed E-state index contributed by atoms with van der Waals surface area (Å²) in [6, 6.07) is 14.2. The number of nitrogens with one attached hydrogen (secondary N) is 1. The molecule has 0 unspecified atom stereocenters. The third kappa shape index (κ3) is 4.17. The van der Waals surface area contributed by atoms with Crippen molar-refractivity contribution < 1.29 is 13.9 Å². The molecule has 1 aliphatic rings. The number of amides is 1. The van der Waals surface area contributed by atoms with Crippen molar-refractivity contribution in [3.05, 3.63) is 84.1 Å². The number of benzene rings is 2. The van der Waals surface area contributed by atoms with Gasteiger partial charge >= 0.3 is 0 Å². The number of fused-ring (bicyclic) bond motifs is 1. The summed E-state index contributed by atoms with van der Waals surface area (Å²) in [4.78, 5) is 17.3. The summed E-state index contributed by atoms with van der Waals surface area (Å²) in [5, 5.41) is 7.53. The van der Waals surface area contributed by atoms with Gasteiger partial charge in [0, 0.05) is 31.5 Å². The van der Waals surface area contributed by atoms with Gasteiger partial charge in [0.1, 0.15) is 11.5 Å². The number of rotatable bonds is 6. The van der Waals surface area contributed by atoms with Gasteiger partial charge in [-0.25, -0.2) is 9.37 Å². The fourth-order valence-electron chi connectivity index (χ4n) is 4.21. The summed E-state index contributed by atoms with van der Waals surface area (Å²) in [5.74, 6) is 0.285. The summed E-state index contributed by atoms with van der Waals surface area (Å²) in [6.45, 7) is 1.35. The van der Waals surface area contributed by atoms with Gasteiger partial charge in [0.2, 0.25) is 0 Å². The van der Waals surface area contributed by atoms with Crippen molar-refractivity contribution in [3.8, 4) is 22.6 Å². The first-order valence-corrected chi connectivity index (χ1v) is 10.9. The van der Waals surface area contributed by atoms with Crippen LogP contribution in [0.1, 0.15) is 17.2 Å². The van der Waals surface area contributed by atoms with Crippen LogP contribution in [0, 0.1) is 5.82 Å². The van der Waals surface area contributed by atoms with E-state index in [0.717, 1.165) is 40.2 Å². The maximum Gasteiger partial charge on any atom is 0.253 e. The molecule has 0 bridgehead atoms. The monoisotopic (exact) mass is 445 g/mol. The second kappa shape index (κ2) is 8.99. The van der Waals surface area contributed by atoms with E-state index in [-0.39, 0.29) is 11.7 Å². The molecule has 3 heterocycles. The largest absolute Gasteiger partial charge is 0.363 e. The Kier molecular flexibility index (Phi) is 5.75. The lowest BCUT2D eigenvalue weighted by molar-refractivity contribution is -0.134. The number of aromatic nitrogens is 4. The molecule has 2 aromatic carbocycles. The summed E-state index contributed by atoms with van der Waals surface area (Å²) in [5.41, 5.74) is 4.57. The maximum absolute atomic E-state index is 13.4. The van der Waals surface area contributed by atoms with Gasteiger partial charge in [0.25, 0.3) is 5.91 Å². The number of carbonyl (C=O) groups excluding carboxylic acids is 1. The van der Waals surface area contributed by atoms with Crippen molar-refractivity contribution >= 4 is 5.91 Å². The highest BCUT2D eigenvalue weighted by Gasteiger charge is 2.27. The minimum absolute atomic E-state index is 0.161. The van der Waals surface area contributed by atoms with Crippen LogP contribution < -0.4 is 5.32 Å². The molecular formula is C25H24FN5O2. The Bertz CT molecular complexity index is 1280. The SMILES string of the molecule is Cn1ccnc1-c1c(-c2ccc(F)cc2)cnn1CCNC(=O)[C@H]1OCCc2ccccc21. The van der Waals surface area contributed by atoms with Gasteiger partial charge in [-0.15, -0.1) is 0 Å². The predicted octanol–water partition coefficient (Wildman–Crippen LogP) is 3.52. The first kappa shape index (κ1) is 21.1. The first-order chi connectivity index (χ1) is 16.1. The predicted molar refractivity (Wildman–Crippen MR) is 122 cm³/mol. The maximum atomic E-state index is 13.4. The number of hydrogen-bond acceptors (Lipinski definition) is 4. The zero-order valence-electron chi connectivity index (χ0n) is 18.2. The molecule has 1 aliphatic heterocycles. The molecule has 7 nitrogen and oxygen atoms in total. The Morgan fingerprint density at radius 1 is 1.21 bits per heavy atom. The van der Waals surface area contributed by atoms with Crippen LogP contribution in [0.25, 0.3) is 22.6 Å². The van der Waals surface area contributed by atoms with E-state index >= 15 is 0 Å². The van der Waals surface area contributed by atoms with Crippen molar-refractivity contribution in [3.63, 3.8) is 0 Å². The molecule has 0 spiro atoms. The lowest BCUT2D eigenvalue weighted by Crippen LogP contribution is -2.35. The zero-order chi connectivity index (χ0) is 22.8. The Labute approximate surface area is 190 Å². The average molecular weight is 445 g/mol. The molecule has 33 heavy (non-hydrogen) atoms. The number of imidazole rings is 1. The number of halogens is 1. The molecule has 168 valence electrons. The van der Waals surface area contributed by atoms with Crippen LogP contribution in [-0.2, 0) is 29.5 Å². The molecule has 1 N–H and O–H groups in total. The minimum atomic E-state index is -0.601. The molecule has 1 amide bonds. The summed E-state index contributed by atoms with van der Waals surface area (Å²) in [6.07, 6.45) is 5.55. The molecule has 0 fully saturated rings. The quantitative estimate of drug-likeness (QED) is 0.493. The van der Waals surface area contributed by atoms with E-state index in [1.807, 2.05) is 46.8 Å². The number of carbonyl (C=O) groups is 1. The van der Waals surface area contributed by atoms with Crippen LogP contribution in [0.5, 0.6) is 0 Å². The number of nitrogens with zero attached hydrogens (tertiary/aromatic N) is 4. The average Bonchev–Trinajstić information content (AvgIpc) is 3.44. The molecule has 0 saturated heterocycles. The Morgan fingerprint density at radius 2 is 2.03 bits per heavy atom. The van der Waals surface area contributed by atoms with Crippen molar-refractivity contribution in [2.75, 3.05) is 13.2 Å². The summed E-state index contributed by atoms with van der Waals surface area (Å²) in [7, 11) is 1.91. The molecule has 2 aromatic heterocycles. The third-order valence-corrected chi connectivity index (χ3v) is 5.88. The van der Waals surface area contributed by atoms with Crippen LogP contribution in [-0.4, -0.2) is 38.4 Å². The second-order valence-electron chi connectivity index (χ2n) is 7.99. The number of ether oxygens (including phenoxy) is 1. The van der Waals surface area contributed by atoms with E-state index in [1.54, 1.807) is 24.5 Å². The van der Waals surface area contributed by atoms with Crippen LogP contribution in [0.3, 0.4) is 0 Å². The molecule has 5 rings (SSSR count). The van der Waals surface area contributed by atoms with Crippen molar-refractivity contribution in [1.29, 1.82) is 0 Å². The van der Waals surface area contributed by atoms with E-state index in [1.165, 1.54) is 12.1 Å². The van der Waals surface area contributed by atoms with E-state index in [9.17, 15) is 9.18 Å². The molecular weight excluding hydrogens is 421 g/mol. The van der Waals surface area contributed by atoms with Gasteiger partial charge in [-0.05, 0) is 35.2 Å². The Morgan fingerprint density at radius 3 is 2.82 bits per heavy atom. The van der Waals surface area contributed by atoms with Gasteiger partial charge in [-0.1, -0.05) is 36.4 Å². The van der Waals surface area contributed by atoms with Gasteiger partial charge in [-0.2, -0.15) is 5.10 Å². The number of hydrogen-bond donors (Lipinski definition) is 1. The van der Waals surface area contributed by atoms with E-state index in [0.29, 0.717) is 19.7 Å². The normalized spacial score (nSPS) is 15.3. The van der Waals surface area contributed by atoms with E-state index in [4.69, 9.17) is 4.74 Å². The first-order valence-electron chi connectivity index (χ1n) is 10.9. The minimum Gasteiger partial charge on any atom is -0.363 e. The smallest absolute Gasteiger partial charge is 0.253 e. The summed E-state index contributed by atoms with van der Waals surface area (Å²) >= 11 is 0. The molecule has 4 aromatic rings. The van der Waals surface area contributed by atoms with Gasteiger partial charge < -0.3 is 14.6 Å².